The number of aliphatic hydroxyl groups excluding tert-OH is 1. The molecule has 0 fully saturated rings. The molecule has 0 unspecified atom stereocenters. The van der Waals surface area contributed by atoms with E-state index in [9.17, 15) is 0 Å². The summed E-state index contributed by atoms with van der Waals surface area (Å²) in [5, 5.41) is 12.6. The van der Waals surface area contributed by atoms with Crippen molar-refractivity contribution in [1.29, 1.82) is 0 Å². The van der Waals surface area contributed by atoms with Gasteiger partial charge >= 0.3 is 0 Å². The Hall–Kier alpha value is -2.33. The van der Waals surface area contributed by atoms with Gasteiger partial charge in [-0.2, -0.15) is 5.10 Å². The number of aliphatic hydroxyl groups is 1. The third-order valence-electron chi connectivity index (χ3n) is 3.31. The van der Waals surface area contributed by atoms with Crippen LogP contribution < -0.4 is 10.2 Å². The molecule has 0 saturated carbocycles. The summed E-state index contributed by atoms with van der Waals surface area (Å²) in [5.41, 5.74) is 7.41. The van der Waals surface area contributed by atoms with Crippen molar-refractivity contribution in [2.75, 3.05) is 13.2 Å². The van der Waals surface area contributed by atoms with Gasteiger partial charge in [0.1, 0.15) is 12.4 Å². The molecule has 0 aromatic heterocycles. The minimum atomic E-state index is 0.0719. The van der Waals surface area contributed by atoms with Crippen molar-refractivity contribution in [2.24, 2.45) is 5.10 Å². The summed E-state index contributed by atoms with van der Waals surface area (Å²) >= 11 is 0. The molecule has 0 spiro atoms. The molecule has 0 aliphatic carbocycles. The van der Waals surface area contributed by atoms with E-state index in [0.717, 1.165) is 11.3 Å². The van der Waals surface area contributed by atoms with Crippen molar-refractivity contribution < 1.29 is 9.84 Å². The van der Waals surface area contributed by atoms with Gasteiger partial charge in [0.25, 0.3) is 0 Å². The summed E-state index contributed by atoms with van der Waals surface area (Å²) < 4.78 is 5.83. The third-order valence-corrected chi connectivity index (χ3v) is 3.31. The standard InChI is InChI=1S/C18H22N2O2/c1-14-3-4-15(2)17(11-14)13-22-18-7-5-16(6-8-18)12-20-19-9-10-21/h3-8,11-12,19,21H,9-10,13H2,1-2H3. The van der Waals surface area contributed by atoms with Crippen LogP contribution in [0, 0.1) is 13.8 Å². The van der Waals surface area contributed by atoms with Crippen LogP contribution in [0.4, 0.5) is 0 Å². The predicted octanol–water partition coefficient (Wildman–Crippen LogP) is 2.80. The lowest BCUT2D eigenvalue weighted by atomic mass is 10.1. The molecule has 116 valence electrons. The van der Waals surface area contributed by atoms with Crippen LogP contribution in [0.15, 0.2) is 47.6 Å². The lowest BCUT2D eigenvalue weighted by Gasteiger charge is -2.09. The molecule has 0 heterocycles. The van der Waals surface area contributed by atoms with Gasteiger partial charge in [0, 0.05) is 0 Å². The maximum atomic E-state index is 8.64. The highest BCUT2D eigenvalue weighted by atomic mass is 16.5. The molecular formula is C18H22N2O2. The van der Waals surface area contributed by atoms with E-state index in [4.69, 9.17) is 9.84 Å². The van der Waals surface area contributed by atoms with Gasteiger partial charge in [-0.1, -0.05) is 23.8 Å². The second kappa shape index (κ2) is 8.20. The molecule has 2 N–H and O–H groups in total. The van der Waals surface area contributed by atoms with Crippen LogP contribution in [0.3, 0.4) is 0 Å². The zero-order valence-electron chi connectivity index (χ0n) is 13.0. The van der Waals surface area contributed by atoms with Crippen LogP contribution >= 0.6 is 0 Å². The average molecular weight is 298 g/mol. The molecule has 0 radical (unpaired) electrons. The zero-order valence-corrected chi connectivity index (χ0v) is 13.0. The first-order chi connectivity index (χ1) is 10.7. The molecular weight excluding hydrogens is 276 g/mol. The third kappa shape index (κ3) is 4.90. The van der Waals surface area contributed by atoms with Gasteiger partial charge in [-0.05, 0) is 54.8 Å². The van der Waals surface area contributed by atoms with Crippen molar-refractivity contribution >= 4 is 6.21 Å². The first-order valence-corrected chi connectivity index (χ1v) is 7.35. The number of hydrazone groups is 1. The van der Waals surface area contributed by atoms with Crippen LogP contribution in [0.1, 0.15) is 22.3 Å². The Morgan fingerprint density at radius 1 is 1.14 bits per heavy atom. The molecule has 4 heteroatoms. The lowest BCUT2D eigenvalue weighted by molar-refractivity contribution is 0.294. The average Bonchev–Trinajstić information content (AvgIpc) is 2.53. The van der Waals surface area contributed by atoms with E-state index < -0.39 is 0 Å². The molecule has 0 bridgehead atoms. The predicted molar refractivity (Wildman–Crippen MR) is 89.4 cm³/mol. The van der Waals surface area contributed by atoms with E-state index in [2.05, 4.69) is 42.6 Å². The molecule has 0 atom stereocenters. The second-order valence-electron chi connectivity index (χ2n) is 5.18. The number of nitrogens with zero attached hydrogens (tertiary/aromatic N) is 1. The quantitative estimate of drug-likeness (QED) is 0.469. The fourth-order valence-corrected chi connectivity index (χ4v) is 2.00. The van der Waals surface area contributed by atoms with Gasteiger partial charge < -0.3 is 15.3 Å². The summed E-state index contributed by atoms with van der Waals surface area (Å²) in [6, 6.07) is 14.1. The lowest BCUT2D eigenvalue weighted by Crippen LogP contribution is -2.11. The number of benzene rings is 2. The first kappa shape index (κ1) is 16.0. The molecule has 22 heavy (non-hydrogen) atoms. The van der Waals surface area contributed by atoms with Crippen molar-refractivity contribution in [3.63, 3.8) is 0 Å². The van der Waals surface area contributed by atoms with Crippen molar-refractivity contribution in [1.82, 2.24) is 5.43 Å². The Labute approximate surface area is 131 Å². The van der Waals surface area contributed by atoms with Crippen molar-refractivity contribution in [3.05, 3.63) is 64.7 Å². The molecule has 2 aromatic rings. The molecule has 0 aliphatic heterocycles. The number of hydrogen-bond donors (Lipinski definition) is 2. The molecule has 0 aliphatic rings. The Balaban J connectivity index is 1.91. The molecule has 2 rings (SSSR count). The van der Waals surface area contributed by atoms with Gasteiger partial charge in [-0.25, -0.2) is 0 Å². The SMILES string of the molecule is Cc1ccc(C)c(COc2ccc(C=NNCCO)cc2)c1. The summed E-state index contributed by atoms with van der Waals surface area (Å²) in [4.78, 5) is 0. The van der Waals surface area contributed by atoms with Gasteiger partial charge in [0.05, 0.1) is 19.4 Å². The maximum Gasteiger partial charge on any atom is 0.119 e. The minimum absolute atomic E-state index is 0.0719. The number of rotatable bonds is 7. The fourth-order valence-electron chi connectivity index (χ4n) is 2.00. The van der Waals surface area contributed by atoms with Gasteiger partial charge in [-0.3, -0.25) is 0 Å². The van der Waals surface area contributed by atoms with E-state index in [1.165, 1.54) is 16.7 Å². The summed E-state index contributed by atoms with van der Waals surface area (Å²) in [5.74, 6) is 0.835. The highest BCUT2D eigenvalue weighted by molar-refractivity contribution is 5.79. The van der Waals surface area contributed by atoms with Gasteiger partial charge in [0.15, 0.2) is 0 Å². The molecule has 0 amide bonds. The number of aryl methyl sites for hydroxylation is 2. The first-order valence-electron chi connectivity index (χ1n) is 7.35. The molecule has 4 nitrogen and oxygen atoms in total. The summed E-state index contributed by atoms with van der Waals surface area (Å²) in [7, 11) is 0. The smallest absolute Gasteiger partial charge is 0.119 e. The van der Waals surface area contributed by atoms with Crippen molar-refractivity contribution in [3.8, 4) is 5.75 Å². The van der Waals surface area contributed by atoms with Crippen molar-refractivity contribution in [2.45, 2.75) is 20.5 Å². The van der Waals surface area contributed by atoms with E-state index in [-0.39, 0.29) is 6.61 Å². The van der Waals surface area contributed by atoms with E-state index in [0.29, 0.717) is 13.2 Å². The summed E-state index contributed by atoms with van der Waals surface area (Å²) in [6.07, 6.45) is 1.71. The van der Waals surface area contributed by atoms with Crippen LogP contribution in [-0.2, 0) is 6.61 Å². The van der Waals surface area contributed by atoms with E-state index in [1.807, 2.05) is 24.3 Å². The topological polar surface area (TPSA) is 53.8 Å². The Kier molecular flexibility index (Phi) is 5.98. The fraction of sp³-hybridized carbons (Fsp3) is 0.278. The number of nitrogens with one attached hydrogen (secondary N) is 1. The molecule has 0 saturated heterocycles. The van der Waals surface area contributed by atoms with Crippen LogP contribution in [0.5, 0.6) is 5.75 Å². The van der Waals surface area contributed by atoms with Crippen LogP contribution in [0.2, 0.25) is 0 Å². The molecule has 2 aromatic carbocycles. The largest absolute Gasteiger partial charge is 0.489 e. The van der Waals surface area contributed by atoms with Gasteiger partial charge in [0.2, 0.25) is 0 Å². The second-order valence-corrected chi connectivity index (χ2v) is 5.18. The van der Waals surface area contributed by atoms with E-state index in [1.54, 1.807) is 6.21 Å². The Bertz CT molecular complexity index is 621. The Morgan fingerprint density at radius 2 is 1.91 bits per heavy atom. The Morgan fingerprint density at radius 3 is 2.64 bits per heavy atom. The number of ether oxygens (including phenoxy) is 1. The normalized spacial score (nSPS) is 10.9. The van der Waals surface area contributed by atoms with Crippen LogP contribution in [0.25, 0.3) is 0 Å². The highest BCUT2D eigenvalue weighted by Crippen LogP contribution is 2.16. The monoisotopic (exact) mass is 298 g/mol. The maximum absolute atomic E-state index is 8.64. The number of hydrogen-bond acceptors (Lipinski definition) is 4. The van der Waals surface area contributed by atoms with Gasteiger partial charge in [-0.15, -0.1) is 0 Å². The summed E-state index contributed by atoms with van der Waals surface area (Å²) in [6.45, 7) is 5.27. The zero-order chi connectivity index (χ0) is 15.8. The minimum Gasteiger partial charge on any atom is -0.489 e. The van der Waals surface area contributed by atoms with Crippen LogP contribution in [-0.4, -0.2) is 24.5 Å². The highest BCUT2D eigenvalue weighted by Gasteiger charge is 2.00. The van der Waals surface area contributed by atoms with E-state index >= 15 is 0 Å².